The van der Waals surface area contributed by atoms with Crippen LogP contribution >= 0.6 is 11.3 Å². The standard InChI is InChI=1S/C47H62N4O9S2/c1-28(2)34-26-61-41(49-34)33-22-38(32-17-18-37(58-9)29(3)40(32)48-33)59-45(7)24-35-36(52)25-47(43(55)50-62(56,57)46(8)19-20-46)23-31(47)16-14-12-10-11-13-15-30(42(54)51(35)27-45)21-39(53)60-44(4,5)6/h14,16-18,22,26,28,30-31,35H,10-13,15,19-21,23-25,27H2,1-9H3,(H,50,55)/b16-14-/t30-,31-,35+,45?,47-/m1/s1. The number of allylic oxidation sites excluding steroid dienone is 2. The van der Waals surface area contributed by atoms with Gasteiger partial charge in [0.1, 0.15) is 33.4 Å². The van der Waals surface area contributed by atoms with Gasteiger partial charge in [0.2, 0.25) is 21.8 Å². The van der Waals surface area contributed by atoms with Gasteiger partial charge >= 0.3 is 5.97 Å². The summed E-state index contributed by atoms with van der Waals surface area (Å²) in [5.41, 5.74) is -0.133. The van der Waals surface area contributed by atoms with Gasteiger partial charge < -0.3 is 19.1 Å². The normalized spacial score (nSPS) is 27.1. The van der Waals surface area contributed by atoms with E-state index in [4.69, 9.17) is 24.2 Å². The molecule has 2 aliphatic heterocycles. The van der Waals surface area contributed by atoms with Crippen molar-refractivity contribution in [2.75, 3.05) is 13.7 Å². The highest BCUT2D eigenvalue weighted by molar-refractivity contribution is 7.91. The summed E-state index contributed by atoms with van der Waals surface area (Å²) in [6.07, 6.45) is 8.33. The SMILES string of the molecule is COc1ccc2c(OC3(C)C[C@H]4C(=O)C[C@]5(C(=O)NS(=O)(=O)C6(C)CC6)C[C@H]5/C=C\CCCCC[C@H](CC(=O)OC(C)(C)C)C(=O)N4C3)cc(-c3nc(C(C)C)cs3)nc2c1C. The molecule has 2 aliphatic carbocycles. The van der Waals surface area contributed by atoms with Crippen LogP contribution in [0.3, 0.4) is 0 Å². The van der Waals surface area contributed by atoms with Crippen LogP contribution in [-0.2, 0) is 33.9 Å². The smallest absolute Gasteiger partial charge is 0.307 e. The fraction of sp³-hybridized carbons (Fsp3) is 0.617. The number of nitrogens with zero attached hydrogens (tertiary/aromatic N) is 3. The van der Waals surface area contributed by atoms with Crippen LogP contribution in [0.4, 0.5) is 0 Å². The number of Topliss-reactive ketones (excluding diaryl/α,β-unsaturated/α-hetero) is 1. The molecular formula is C47H62N4O9S2. The number of hydrogen-bond donors (Lipinski definition) is 1. The van der Waals surface area contributed by atoms with Crippen molar-refractivity contribution in [1.82, 2.24) is 19.6 Å². The summed E-state index contributed by atoms with van der Waals surface area (Å²) in [6.45, 7) is 15.0. The summed E-state index contributed by atoms with van der Waals surface area (Å²) in [7, 11) is -2.37. The average molecular weight is 891 g/mol. The zero-order valence-corrected chi connectivity index (χ0v) is 39.2. The minimum atomic E-state index is -3.97. The zero-order chi connectivity index (χ0) is 45.0. The van der Waals surface area contributed by atoms with Crippen LogP contribution in [0.2, 0.25) is 0 Å². The Morgan fingerprint density at radius 1 is 1.05 bits per heavy atom. The molecule has 336 valence electrons. The molecule has 13 nitrogen and oxygen atoms in total. The van der Waals surface area contributed by atoms with Gasteiger partial charge in [0.05, 0.1) is 47.5 Å². The van der Waals surface area contributed by atoms with E-state index in [1.165, 1.54) is 11.3 Å². The number of nitrogens with one attached hydrogen (secondary N) is 1. The molecule has 0 spiro atoms. The van der Waals surface area contributed by atoms with Crippen LogP contribution in [0, 0.1) is 24.2 Å². The van der Waals surface area contributed by atoms with Gasteiger partial charge in [-0.25, -0.2) is 18.4 Å². The van der Waals surface area contributed by atoms with Gasteiger partial charge in [-0.1, -0.05) is 38.8 Å². The van der Waals surface area contributed by atoms with E-state index in [0.717, 1.165) is 35.5 Å². The van der Waals surface area contributed by atoms with Gasteiger partial charge in [-0.2, -0.15) is 0 Å². The van der Waals surface area contributed by atoms with E-state index >= 15 is 0 Å². The molecule has 7 rings (SSSR count). The van der Waals surface area contributed by atoms with Crippen molar-refractivity contribution in [3.05, 3.63) is 47.0 Å². The Hall–Kier alpha value is -4.37. The summed E-state index contributed by atoms with van der Waals surface area (Å²) in [6, 6.07) is 4.58. The van der Waals surface area contributed by atoms with E-state index in [0.29, 0.717) is 60.2 Å². The highest BCUT2D eigenvalue weighted by atomic mass is 32.2. The monoisotopic (exact) mass is 890 g/mol. The fourth-order valence-corrected chi connectivity index (χ4v) is 11.2. The Bertz CT molecular complexity index is 2400. The van der Waals surface area contributed by atoms with Crippen LogP contribution in [0.25, 0.3) is 21.6 Å². The van der Waals surface area contributed by atoms with Gasteiger partial charge in [-0.05, 0) is 104 Å². The summed E-state index contributed by atoms with van der Waals surface area (Å²) < 4.78 is 46.5. The zero-order valence-electron chi connectivity index (χ0n) is 37.6. The number of aromatic nitrogens is 2. The molecule has 0 bridgehead atoms. The topological polar surface area (TPSA) is 171 Å². The van der Waals surface area contributed by atoms with Crippen LogP contribution in [-0.4, -0.2) is 82.5 Å². The van der Waals surface area contributed by atoms with Crippen molar-refractivity contribution in [2.45, 2.75) is 154 Å². The maximum atomic E-state index is 15.0. The first-order valence-corrected chi connectivity index (χ1v) is 24.4. The molecule has 4 aliphatic rings. The Labute approximate surface area is 369 Å². The van der Waals surface area contributed by atoms with E-state index in [1.807, 2.05) is 49.6 Å². The summed E-state index contributed by atoms with van der Waals surface area (Å²) in [5, 5.41) is 3.46. The Kier molecular flexibility index (Phi) is 12.5. The summed E-state index contributed by atoms with van der Waals surface area (Å²) in [4.78, 5) is 68.9. The maximum Gasteiger partial charge on any atom is 0.307 e. The van der Waals surface area contributed by atoms with Crippen LogP contribution < -0.4 is 14.2 Å². The summed E-state index contributed by atoms with van der Waals surface area (Å²) in [5.74, 6) is -1.62. The number of esters is 1. The number of rotatable bonds is 10. The molecule has 2 amide bonds. The van der Waals surface area contributed by atoms with Crippen LogP contribution in [0.5, 0.6) is 11.5 Å². The lowest BCUT2D eigenvalue weighted by atomic mass is 9.89. The number of carbonyl (C=O) groups excluding carboxylic acids is 4. The second-order valence-corrected chi connectivity index (χ2v) is 22.9. The molecule has 1 aromatic carbocycles. The van der Waals surface area contributed by atoms with E-state index in [1.54, 1.807) is 39.7 Å². The molecule has 2 saturated carbocycles. The largest absolute Gasteiger partial charge is 0.496 e. The van der Waals surface area contributed by atoms with Gasteiger partial charge in [0.25, 0.3) is 0 Å². The predicted molar refractivity (Wildman–Crippen MR) is 238 cm³/mol. The molecule has 1 unspecified atom stereocenters. The first-order chi connectivity index (χ1) is 29.1. The highest BCUT2D eigenvalue weighted by Crippen LogP contribution is 2.58. The third-order valence-electron chi connectivity index (χ3n) is 13.1. The molecule has 1 saturated heterocycles. The molecule has 3 fully saturated rings. The van der Waals surface area contributed by atoms with Gasteiger partial charge in [-0.3, -0.25) is 23.9 Å². The highest BCUT2D eigenvalue weighted by Gasteiger charge is 2.63. The molecule has 0 radical (unpaired) electrons. The Morgan fingerprint density at radius 3 is 2.45 bits per heavy atom. The molecule has 3 aromatic rings. The molecule has 2 aromatic heterocycles. The molecule has 15 heteroatoms. The summed E-state index contributed by atoms with van der Waals surface area (Å²) >= 11 is 1.49. The number of ether oxygens (including phenoxy) is 3. The number of sulfonamides is 1. The van der Waals surface area contributed by atoms with E-state index in [2.05, 4.69) is 18.6 Å². The van der Waals surface area contributed by atoms with Crippen molar-refractivity contribution < 1.29 is 41.8 Å². The predicted octanol–water partition coefficient (Wildman–Crippen LogP) is 8.37. The number of carbonyl (C=O) groups is 4. The number of methoxy groups -OCH3 is 1. The molecule has 4 heterocycles. The van der Waals surface area contributed by atoms with Crippen molar-refractivity contribution in [1.29, 1.82) is 0 Å². The molecule has 5 atom stereocenters. The first-order valence-electron chi connectivity index (χ1n) is 22.0. The minimum absolute atomic E-state index is 0.0192. The molecule has 1 N–H and O–H groups in total. The second-order valence-electron chi connectivity index (χ2n) is 19.8. The minimum Gasteiger partial charge on any atom is -0.496 e. The third-order valence-corrected chi connectivity index (χ3v) is 16.1. The maximum absolute atomic E-state index is 15.0. The van der Waals surface area contributed by atoms with Gasteiger partial charge in [-0.15, -0.1) is 11.3 Å². The quantitative estimate of drug-likeness (QED) is 0.153. The lowest BCUT2D eigenvalue weighted by Gasteiger charge is -2.30. The first kappa shape index (κ1) is 45.6. The van der Waals surface area contributed by atoms with Crippen molar-refractivity contribution in [2.24, 2.45) is 17.3 Å². The number of thiazole rings is 1. The molecular weight excluding hydrogens is 829 g/mol. The number of amides is 2. The Morgan fingerprint density at radius 2 is 1.79 bits per heavy atom. The number of fused-ring (bicyclic) bond motifs is 3. The number of pyridine rings is 1. The van der Waals surface area contributed by atoms with Crippen molar-refractivity contribution in [3.63, 3.8) is 0 Å². The number of aryl methyl sites for hydroxylation is 1. The van der Waals surface area contributed by atoms with Crippen LogP contribution in [0.15, 0.2) is 35.7 Å². The lowest BCUT2D eigenvalue weighted by Crippen LogP contribution is -2.47. The number of hydrogen-bond acceptors (Lipinski definition) is 12. The average Bonchev–Trinajstić information content (AvgIpc) is 3.99. The third kappa shape index (κ3) is 9.44. The second kappa shape index (κ2) is 17.0. The fourth-order valence-electron chi connectivity index (χ4n) is 8.95. The van der Waals surface area contributed by atoms with Crippen molar-refractivity contribution >= 4 is 55.8 Å². The van der Waals surface area contributed by atoms with E-state index in [-0.39, 0.29) is 49.3 Å². The number of ketones is 1. The van der Waals surface area contributed by atoms with Gasteiger partial charge in [0.15, 0.2) is 5.78 Å². The molecule has 62 heavy (non-hydrogen) atoms. The van der Waals surface area contributed by atoms with Crippen LogP contribution in [0.1, 0.15) is 136 Å². The lowest BCUT2D eigenvalue weighted by molar-refractivity contribution is -0.159. The van der Waals surface area contributed by atoms with E-state index < -0.39 is 55.2 Å². The number of benzene rings is 1. The van der Waals surface area contributed by atoms with E-state index in [9.17, 15) is 27.6 Å². The van der Waals surface area contributed by atoms with Gasteiger partial charge in [0, 0.05) is 41.2 Å². The van der Waals surface area contributed by atoms with Crippen molar-refractivity contribution in [3.8, 4) is 22.2 Å². The Balaban J connectivity index is 1.27.